The molecule has 1 aromatic rings. The third-order valence-corrected chi connectivity index (χ3v) is 6.17. The number of halogens is 1. The highest BCUT2D eigenvalue weighted by Crippen LogP contribution is 2.51. The molecule has 0 bridgehead atoms. The molecule has 0 aromatic heterocycles. The first-order valence-electron chi connectivity index (χ1n) is 6.73. The van der Waals surface area contributed by atoms with Crippen LogP contribution in [0.4, 0.5) is 5.69 Å². The molecule has 1 aliphatic rings. The maximum Gasteiger partial charge on any atom is 0.240 e. The molecular formula is C14H21ClN2O2S. The van der Waals surface area contributed by atoms with E-state index < -0.39 is 10.0 Å². The molecule has 4 nitrogen and oxygen atoms in total. The molecule has 1 aliphatic carbocycles. The second kappa shape index (κ2) is 5.20. The minimum absolute atomic E-state index is 0.118. The van der Waals surface area contributed by atoms with Crippen molar-refractivity contribution in [3.63, 3.8) is 0 Å². The maximum absolute atomic E-state index is 12.3. The molecule has 3 N–H and O–H groups in total. The molecule has 2 rings (SSSR count). The van der Waals surface area contributed by atoms with Gasteiger partial charge in [-0.3, -0.25) is 0 Å². The lowest BCUT2D eigenvalue weighted by atomic mass is 9.93. The first kappa shape index (κ1) is 15.6. The molecule has 0 aliphatic heterocycles. The molecular weight excluding hydrogens is 296 g/mol. The maximum atomic E-state index is 12.3. The van der Waals surface area contributed by atoms with Crippen molar-refractivity contribution >= 4 is 27.3 Å². The van der Waals surface area contributed by atoms with Crippen LogP contribution in [-0.2, 0) is 10.0 Å². The van der Waals surface area contributed by atoms with Gasteiger partial charge in [0.2, 0.25) is 10.0 Å². The summed E-state index contributed by atoms with van der Waals surface area (Å²) in [5.74, 6) is 0.469. The zero-order chi connectivity index (χ0) is 15.1. The Hall–Kier alpha value is -0.780. The summed E-state index contributed by atoms with van der Waals surface area (Å²) in [4.78, 5) is 0.130. The van der Waals surface area contributed by atoms with Crippen LogP contribution in [0.25, 0.3) is 0 Å². The van der Waals surface area contributed by atoms with Gasteiger partial charge in [-0.15, -0.1) is 0 Å². The summed E-state index contributed by atoms with van der Waals surface area (Å²) in [5.41, 5.74) is 6.99. The van der Waals surface area contributed by atoms with Gasteiger partial charge in [0.25, 0.3) is 0 Å². The average Bonchev–Trinajstić information content (AvgIpc) is 3.14. The van der Waals surface area contributed by atoms with E-state index in [0.29, 0.717) is 28.7 Å². The van der Waals surface area contributed by atoms with Crippen molar-refractivity contribution in [2.75, 3.05) is 12.3 Å². The van der Waals surface area contributed by atoms with Gasteiger partial charge < -0.3 is 5.73 Å². The molecule has 0 heterocycles. The number of nitrogens with one attached hydrogen (secondary N) is 1. The van der Waals surface area contributed by atoms with Crippen LogP contribution in [0.5, 0.6) is 0 Å². The number of benzene rings is 1. The Balaban J connectivity index is 2.19. The lowest BCUT2D eigenvalue weighted by Crippen LogP contribution is -2.32. The van der Waals surface area contributed by atoms with Gasteiger partial charge in [-0.25, -0.2) is 13.1 Å². The van der Waals surface area contributed by atoms with Gasteiger partial charge in [0.05, 0.1) is 4.90 Å². The Bertz CT molecular complexity index is 599. The SMILES string of the molecule is Cc1c(N)cc(S(=O)(=O)NCC2(C(C)C)CC2)cc1Cl. The quantitative estimate of drug-likeness (QED) is 0.820. The lowest BCUT2D eigenvalue weighted by Gasteiger charge is -2.20. The van der Waals surface area contributed by atoms with Crippen LogP contribution in [0.3, 0.4) is 0 Å². The number of nitrogen functional groups attached to an aromatic ring is 1. The highest BCUT2D eigenvalue weighted by atomic mass is 35.5. The van der Waals surface area contributed by atoms with Gasteiger partial charge in [-0.2, -0.15) is 0 Å². The zero-order valence-corrected chi connectivity index (χ0v) is 13.6. The molecule has 0 spiro atoms. The van der Waals surface area contributed by atoms with Gasteiger partial charge in [0, 0.05) is 17.3 Å². The van der Waals surface area contributed by atoms with E-state index in [4.69, 9.17) is 17.3 Å². The van der Waals surface area contributed by atoms with Crippen molar-refractivity contribution in [3.8, 4) is 0 Å². The van der Waals surface area contributed by atoms with E-state index in [2.05, 4.69) is 18.6 Å². The second-order valence-electron chi connectivity index (χ2n) is 5.96. The van der Waals surface area contributed by atoms with E-state index in [-0.39, 0.29) is 10.3 Å². The van der Waals surface area contributed by atoms with Crippen molar-refractivity contribution in [2.24, 2.45) is 11.3 Å². The summed E-state index contributed by atoms with van der Waals surface area (Å²) in [7, 11) is -3.56. The fourth-order valence-electron chi connectivity index (χ4n) is 2.27. The number of anilines is 1. The molecule has 112 valence electrons. The van der Waals surface area contributed by atoms with Gasteiger partial charge in [0.1, 0.15) is 0 Å². The molecule has 20 heavy (non-hydrogen) atoms. The van der Waals surface area contributed by atoms with Crippen LogP contribution in [0, 0.1) is 18.3 Å². The van der Waals surface area contributed by atoms with Crippen molar-refractivity contribution in [1.82, 2.24) is 4.72 Å². The van der Waals surface area contributed by atoms with E-state index in [9.17, 15) is 8.42 Å². The van der Waals surface area contributed by atoms with Crippen LogP contribution >= 0.6 is 11.6 Å². The van der Waals surface area contributed by atoms with E-state index in [1.165, 1.54) is 12.1 Å². The first-order valence-corrected chi connectivity index (χ1v) is 8.59. The summed E-state index contributed by atoms with van der Waals surface area (Å²) in [6, 6.07) is 2.91. The monoisotopic (exact) mass is 316 g/mol. The minimum atomic E-state index is -3.56. The Kier molecular flexibility index (Phi) is 4.06. The van der Waals surface area contributed by atoms with E-state index in [1.807, 2.05) is 0 Å². The van der Waals surface area contributed by atoms with E-state index in [1.54, 1.807) is 6.92 Å². The predicted octanol–water partition coefficient (Wildman–Crippen LogP) is 2.95. The van der Waals surface area contributed by atoms with Gasteiger partial charge >= 0.3 is 0 Å². The zero-order valence-electron chi connectivity index (χ0n) is 12.0. The predicted molar refractivity (Wildman–Crippen MR) is 82.3 cm³/mol. The number of nitrogens with two attached hydrogens (primary N) is 1. The Morgan fingerprint density at radius 3 is 2.45 bits per heavy atom. The van der Waals surface area contributed by atoms with Crippen LogP contribution in [0.1, 0.15) is 32.3 Å². The van der Waals surface area contributed by atoms with Crippen LogP contribution in [0.2, 0.25) is 5.02 Å². The van der Waals surface area contributed by atoms with Crippen LogP contribution < -0.4 is 10.5 Å². The molecule has 0 saturated heterocycles. The highest BCUT2D eigenvalue weighted by Gasteiger charge is 2.45. The molecule has 0 amide bonds. The molecule has 0 atom stereocenters. The van der Waals surface area contributed by atoms with Crippen LogP contribution in [-0.4, -0.2) is 15.0 Å². The van der Waals surface area contributed by atoms with E-state index in [0.717, 1.165) is 12.8 Å². The largest absolute Gasteiger partial charge is 0.398 e. The smallest absolute Gasteiger partial charge is 0.240 e. The summed E-state index contributed by atoms with van der Waals surface area (Å²) in [6.45, 7) is 6.49. The summed E-state index contributed by atoms with van der Waals surface area (Å²) in [6.07, 6.45) is 2.15. The Labute approximate surface area is 125 Å². The second-order valence-corrected chi connectivity index (χ2v) is 8.14. The van der Waals surface area contributed by atoms with Crippen molar-refractivity contribution in [1.29, 1.82) is 0 Å². The van der Waals surface area contributed by atoms with E-state index >= 15 is 0 Å². The molecule has 0 unspecified atom stereocenters. The van der Waals surface area contributed by atoms with Gasteiger partial charge in [-0.05, 0) is 48.8 Å². The summed E-state index contributed by atoms with van der Waals surface area (Å²) in [5, 5.41) is 0.371. The third kappa shape index (κ3) is 2.95. The van der Waals surface area contributed by atoms with Gasteiger partial charge in [0.15, 0.2) is 0 Å². The topological polar surface area (TPSA) is 72.2 Å². The van der Waals surface area contributed by atoms with Crippen molar-refractivity contribution in [2.45, 2.75) is 38.5 Å². The fourth-order valence-corrected chi connectivity index (χ4v) is 3.76. The van der Waals surface area contributed by atoms with Crippen molar-refractivity contribution in [3.05, 3.63) is 22.7 Å². The molecule has 0 radical (unpaired) electrons. The summed E-state index contributed by atoms with van der Waals surface area (Å²) < 4.78 is 27.3. The molecule has 1 saturated carbocycles. The highest BCUT2D eigenvalue weighted by molar-refractivity contribution is 7.89. The third-order valence-electron chi connectivity index (χ3n) is 4.40. The standard InChI is InChI=1S/C14H21ClN2O2S/c1-9(2)14(4-5-14)8-17-20(18,19)11-6-12(15)10(3)13(16)7-11/h6-7,9,17H,4-5,8,16H2,1-3H3. The minimum Gasteiger partial charge on any atom is -0.398 e. The Morgan fingerprint density at radius 2 is 2.00 bits per heavy atom. The number of hydrogen-bond donors (Lipinski definition) is 2. The number of hydrogen-bond acceptors (Lipinski definition) is 3. The Morgan fingerprint density at radius 1 is 1.40 bits per heavy atom. The number of rotatable bonds is 5. The number of sulfonamides is 1. The van der Waals surface area contributed by atoms with Gasteiger partial charge in [-0.1, -0.05) is 25.4 Å². The summed E-state index contributed by atoms with van der Waals surface area (Å²) >= 11 is 6.01. The lowest BCUT2D eigenvalue weighted by molar-refractivity contribution is 0.357. The average molecular weight is 317 g/mol. The first-order chi connectivity index (χ1) is 9.18. The molecule has 6 heteroatoms. The van der Waals surface area contributed by atoms with Crippen molar-refractivity contribution < 1.29 is 8.42 Å². The molecule has 1 aromatic carbocycles. The van der Waals surface area contributed by atoms with Crippen LogP contribution in [0.15, 0.2) is 17.0 Å². The fraction of sp³-hybridized carbons (Fsp3) is 0.571. The molecule has 1 fully saturated rings. The normalized spacial score (nSPS) is 17.4.